The maximum absolute atomic E-state index is 5.79. The van der Waals surface area contributed by atoms with Crippen LogP contribution in [0.4, 0.5) is 0 Å². The molecule has 2 N–H and O–H groups in total. The van der Waals surface area contributed by atoms with Gasteiger partial charge in [0.1, 0.15) is 5.76 Å². The van der Waals surface area contributed by atoms with Crippen LogP contribution in [0.3, 0.4) is 0 Å². The molecule has 1 aliphatic heterocycles. The fourth-order valence-corrected chi connectivity index (χ4v) is 2.50. The van der Waals surface area contributed by atoms with Crippen molar-refractivity contribution in [3.05, 3.63) is 23.2 Å². The molecule has 18 heavy (non-hydrogen) atoms. The van der Waals surface area contributed by atoms with Gasteiger partial charge in [0, 0.05) is 24.9 Å². The van der Waals surface area contributed by atoms with Crippen molar-refractivity contribution in [1.29, 1.82) is 0 Å². The highest BCUT2D eigenvalue weighted by atomic mass is 16.5. The summed E-state index contributed by atoms with van der Waals surface area (Å²) in [5.74, 6) is 2.20. The smallest absolute Gasteiger partial charge is 0.139 e. The average molecular weight is 252 g/mol. The van der Waals surface area contributed by atoms with E-state index in [4.69, 9.17) is 10.5 Å². The van der Waals surface area contributed by atoms with Crippen molar-refractivity contribution in [3.8, 4) is 0 Å². The Hall–Kier alpha value is -1.12. The summed E-state index contributed by atoms with van der Waals surface area (Å²) in [6.07, 6.45) is 4.46. The van der Waals surface area contributed by atoms with Gasteiger partial charge in [-0.2, -0.15) is 0 Å². The zero-order chi connectivity index (χ0) is 13.7. The maximum atomic E-state index is 5.79. The number of nitrogens with zero attached hydrogens (tertiary/aromatic N) is 1. The molecule has 0 amide bonds. The lowest BCUT2D eigenvalue weighted by atomic mass is 9.96. The van der Waals surface area contributed by atoms with E-state index in [-0.39, 0.29) is 0 Å². The van der Waals surface area contributed by atoms with Crippen molar-refractivity contribution in [2.75, 3.05) is 20.2 Å². The number of likely N-dealkylation sites (tertiary alicyclic amines) is 1. The van der Waals surface area contributed by atoms with E-state index in [0.29, 0.717) is 5.92 Å². The fourth-order valence-electron chi connectivity index (χ4n) is 2.50. The zero-order valence-corrected chi connectivity index (χ0v) is 12.5. The first-order chi connectivity index (χ1) is 8.45. The lowest BCUT2D eigenvalue weighted by Crippen LogP contribution is -2.35. The number of nitrogens with two attached hydrogens (primary N) is 1. The predicted octanol–water partition coefficient (Wildman–Crippen LogP) is 3.09. The van der Waals surface area contributed by atoms with Gasteiger partial charge < -0.3 is 15.4 Å². The number of hydrogen-bond donors (Lipinski definition) is 1. The summed E-state index contributed by atoms with van der Waals surface area (Å²) in [5, 5.41) is 0. The zero-order valence-electron chi connectivity index (χ0n) is 12.5. The van der Waals surface area contributed by atoms with Crippen LogP contribution in [0.5, 0.6) is 0 Å². The van der Waals surface area contributed by atoms with Crippen LogP contribution in [0.15, 0.2) is 23.2 Å². The first-order valence-corrected chi connectivity index (χ1v) is 6.92. The lowest BCUT2D eigenvalue weighted by Gasteiger charge is -2.36. The summed E-state index contributed by atoms with van der Waals surface area (Å²) in [6.45, 7) is 10.9. The molecule has 0 radical (unpaired) electrons. The normalized spacial score (nSPS) is 20.1. The van der Waals surface area contributed by atoms with Crippen LogP contribution in [0.2, 0.25) is 0 Å². The van der Waals surface area contributed by atoms with Crippen LogP contribution < -0.4 is 5.73 Å². The fraction of sp³-hybridized carbons (Fsp3) is 0.733. The number of ether oxygens (including phenoxy) is 1. The third-order valence-corrected chi connectivity index (χ3v) is 3.50. The Bertz CT molecular complexity index is 319. The molecule has 0 atom stereocenters. The highest BCUT2D eigenvalue weighted by molar-refractivity contribution is 5.23. The maximum Gasteiger partial charge on any atom is 0.139 e. The molecule has 0 unspecified atom stereocenters. The molecule has 1 fully saturated rings. The van der Waals surface area contributed by atoms with Crippen LogP contribution in [0.25, 0.3) is 0 Å². The molecule has 0 aromatic rings. The summed E-state index contributed by atoms with van der Waals surface area (Å²) in [7, 11) is 1.73. The molecule has 0 spiro atoms. The number of hydrogen-bond acceptors (Lipinski definition) is 3. The first kappa shape index (κ1) is 14.9. The Morgan fingerprint density at radius 2 is 1.89 bits per heavy atom. The van der Waals surface area contributed by atoms with E-state index in [1.54, 1.807) is 7.11 Å². The molecule has 1 rings (SSSR count). The van der Waals surface area contributed by atoms with Crippen LogP contribution in [0.1, 0.15) is 40.5 Å². The van der Waals surface area contributed by atoms with Crippen LogP contribution in [0, 0.1) is 11.8 Å². The summed E-state index contributed by atoms with van der Waals surface area (Å²) < 4.78 is 5.55. The lowest BCUT2D eigenvalue weighted by molar-refractivity contribution is 0.197. The van der Waals surface area contributed by atoms with Crippen molar-refractivity contribution in [1.82, 2.24) is 4.90 Å². The standard InChI is InChI=1S/C15H28N2O/c1-11(2)15(14(18-5)10-13(4)16)17-8-6-12(3)7-9-17/h10-12H,6-9,16H2,1-5H3/b13-10+,15-14-. The van der Waals surface area contributed by atoms with Gasteiger partial charge in [0.25, 0.3) is 0 Å². The van der Waals surface area contributed by atoms with Crippen molar-refractivity contribution >= 4 is 0 Å². The molecule has 0 aromatic heterocycles. The molecule has 1 heterocycles. The van der Waals surface area contributed by atoms with E-state index in [1.807, 2.05) is 13.0 Å². The third-order valence-electron chi connectivity index (χ3n) is 3.50. The summed E-state index contributed by atoms with van der Waals surface area (Å²) >= 11 is 0. The second-order valence-electron chi connectivity index (χ2n) is 5.67. The minimum Gasteiger partial charge on any atom is -0.495 e. The quantitative estimate of drug-likeness (QED) is 0.617. The minimum absolute atomic E-state index is 0.448. The molecule has 1 aliphatic rings. The van der Waals surface area contributed by atoms with E-state index in [2.05, 4.69) is 25.7 Å². The van der Waals surface area contributed by atoms with Crippen LogP contribution in [-0.2, 0) is 4.74 Å². The number of allylic oxidation sites excluding steroid dienone is 3. The number of methoxy groups -OCH3 is 1. The highest BCUT2D eigenvalue weighted by Gasteiger charge is 2.22. The number of rotatable bonds is 4. The Kier molecular flexibility index (Phi) is 5.57. The average Bonchev–Trinajstić information content (AvgIpc) is 2.29. The molecule has 3 heteroatoms. The molecular weight excluding hydrogens is 224 g/mol. The van der Waals surface area contributed by atoms with Crippen molar-refractivity contribution in [3.63, 3.8) is 0 Å². The van der Waals surface area contributed by atoms with E-state index in [0.717, 1.165) is 30.5 Å². The molecular formula is C15H28N2O. The Labute approximate surface area is 112 Å². The predicted molar refractivity (Wildman–Crippen MR) is 76.8 cm³/mol. The molecule has 0 saturated carbocycles. The summed E-state index contributed by atoms with van der Waals surface area (Å²) in [6, 6.07) is 0. The molecule has 3 nitrogen and oxygen atoms in total. The topological polar surface area (TPSA) is 38.5 Å². The molecule has 0 aliphatic carbocycles. The van der Waals surface area contributed by atoms with Crippen molar-refractivity contribution in [2.45, 2.75) is 40.5 Å². The second-order valence-corrected chi connectivity index (χ2v) is 5.67. The van der Waals surface area contributed by atoms with Gasteiger partial charge in [-0.25, -0.2) is 0 Å². The molecule has 0 aromatic carbocycles. The van der Waals surface area contributed by atoms with Crippen LogP contribution in [-0.4, -0.2) is 25.1 Å². The molecule has 1 saturated heterocycles. The monoisotopic (exact) mass is 252 g/mol. The van der Waals surface area contributed by atoms with E-state index < -0.39 is 0 Å². The Morgan fingerprint density at radius 3 is 2.28 bits per heavy atom. The molecule has 104 valence electrons. The third kappa shape index (κ3) is 3.97. The molecule has 0 bridgehead atoms. The van der Waals surface area contributed by atoms with Crippen molar-refractivity contribution < 1.29 is 4.74 Å². The second kappa shape index (κ2) is 6.72. The van der Waals surface area contributed by atoms with E-state index >= 15 is 0 Å². The van der Waals surface area contributed by atoms with Gasteiger partial charge in [0.2, 0.25) is 0 Å². The summed E-state index contributed by atoms with van der Waals surface area (Å²) in [5.41, 5.74) is 7.86. The first-order valence-electron chi connectivity index (χ1n) is 6.92. The van der Waals surface area contributed by atoms with Gasteiger partial charge >= 0.3 is 0 Å². The van der Waals surface area contributed by atoms with Crippen LogP contribution >= 0.6 is 0 Å². The van der Waals surface area contributed by atoms with Gasteiger partial charge in [-0.3, -0.25) is 0 Å². The van der Waals surface area contributed by atoms with Crippen molar-refractivity contribution in [2.24, 2.45) is 17.6 Å². The van der Waals surface area contributed by atoms with Gasteiger partial charge in [-0.15, -0.1) is 0 Å². The SMILES string of the molecule is COC(/C=C(\C)N)=C(/C(C)C)N1CCC(C)CC1. The van der Waals surface area contributed by atoms with Gasteiger partial charge in [-0.05, 0) is 31.6 Å². The highest BCUT2D eigenvalue weighted by Crippen LogP contribution is 2.27. The Balaban J connectivity index is 3.00. The summed E-state index contributed by atoms with van der Waals surface area (Å²) in [4.78, 5) is 2.46. The Morgan fingerprint density at radius 1 is 1.33 bits per heavy atom. The minimum atomic E-state index is 0.448. The van der Waals surface area contributed by atoms with Gasteiger partial charge in [0.05, 0.1) is 12.8 Å². The van der Waals surface area contributed by atoms with E-state index in [9.17, 15) is 0 Å². The number of piperidine rings is 1. The van der Waals surface area contributed by atoms with Gasteiger partial charge in [-0.1, -0.05) is 20.8 Å². The largest absolute Gasteiger partial charge is 0.495 e. The van der Waals surface area contributed by atoms with Gasteiger partial charge in [0.15, 0.2) is 0 Å². The van der Waals surface area contributed by atoms with E-state index in [1.165, 1.54) is 18.5 Å².